The fourth-order valence-corrected chi connectivity index (χ4v) is 0.836. The Labute approximate surface area is 72.8 Å². The molecule has 0 aromatic carbocycles. The first kappa shape index (κ1) is 10.9. The van der Waals surface area contributed by atoms with Crippen LogP contribution in [0.2, 0.25) is 0 Å². The predicted octanol–water partition coefficient (Wildman–Crippen LogP) is 2.60. The lowest BCUT2D eigenvalue weighted by Crippen LogP contribution is -1.96. The Kier molecular flexibility index (Phi) is 5.00. The van der Waals surface area contributed by atoms with Gasteiger partial charge in [0.25, 0.3) is 0 Å². The minimum Gasteiger partial charge on any atom is -0.384 e. The van der Waals surface area contributed by atoms with E-state index in [1.165, 1.54) is 12.3 Å². The Morgan fingerprint density at radius 2 is 2.00 bits per heavy atom. The first-order valence-corrected chi connectivity index (χ1v) is 4.04. The molecule has 1 aromatic heterocycles. The molecule has 0 aliphatic rings. The average molecular weight is 170 g/mol. The van der Waals surface area contributed by atoms with Crippen LogP contribution in [0.3, 0.4) is 0 Å². The van der Waals surface area contributed by atoms with E-state index >= 15 is 0 Å². The van der Waals surface area contributed by atoms with Crippen molar-refractivity contribution in [2.24, 2.45) is 0 Å². The maximum absolute atomic E-state index is 12.7. The van der Waals surface area contributed by atoms with Gasteiger partial charge >= 0.3 is 0 Å². The Bertz CT molecular complexity index is 216. The largest absolute Gasteiger partial charge is 0.384 e. The van der Waals surface area contributed by atoms with Crippen molar-refractivity contribution in [3.63, 3.8) is 0 Å². The second-order valence-electron chi connectivity index (χ2n) is 2.00. The molecule has 0 atom stereocenters. The number of nitrogens with one attached hydrogen (secondary N) is 1. The van der Waals surface area contributed by atoms with E-state index in [9.17, 15) is 4.39 Å². The van der Waals surface area contributed by atoms with Crippen molar-refractivity contribution in [1.82, 2.24) is 4.98 Å². The molecule has 0 amide bonds. The van der Waals surface area contributed by atoms with Gasteiger partial charge in [0, 0.05) is 13.2 Å². The van der Waals surface area contributed by atoms with Gasteiger partial charge in [0.2, 0.25) is 0 Å². The molecule has 0 unspecified atom stereocenters. The van der Waals surface area contributed by atoms with Gasteiger partial charge in [-0.15, -0.1) is 0 Å². The zero-order valence-electron chi connectivity index (χ0n) is 7.98. The lowest BCUT2D eigenvalue weighted by atomic mass is 10.3. The summed E-state index contributed by atoms with van der Waals surface area (Å²) in [4.78, 5) is 3.91. The first-order valence-electron chi connectivity index (χ1n) is 4.04. The van der Waals surface area contributed by atoms with Crippen molar-refractivity contribution in [2.75, 3.05) is 12.4 Å². The van der Waals surface area contributed by atoms with Crippen LogP contribution in [0.5, 0.6) is 0 Å². The van der Waals surface area contributed by atoms with Gasteiger partial charge in [-0.25, -0.2) is 4.39 Å². The summed E-state index contributed by atoms with van der Waals surface area (Å²) in [6.07, 6.45) is 1.45. The molecule has 3 heteroatoms. The molecule has 2 nitrogen and oxygen atoms in total. The highest BCUT2D eigenvalue weighted by molar-refractivity contribution is 5.47. The molecular formula is C9H15FN2. The molecule has 1 heterocycles. The Morgan fingerprint density at radius 3 is 2.33 bits per heavy atom. The molecule has 0 aliphatic carbocycles. The third-order valence-electron chi connectivity index (χ3n) is 1.34. The van der Waals surface area contributed by atoms with E-state index in [4.69, 9.17) is 0 Å². The average Bonchev–Trinajstić information content (AvgIpc) is 2.08. The third-order valence-corrected chi connectivity index (χ3v) is 1.34. The predicted molar refractivity (Wildman–Crippen MR) is 49.8 cm³/mol. The van der Waals surface area contributed by atoms with Crippen molar-refractivity contribution < 1.29 is 4.39 Å². The molecule has 0 saturated carbocycles. The van der Waals surface area contributed by atoms with Crippen molar-refractivity contribution >= 4 is 5.69 Å². The molecule has 0 spiro atoms. The molecule has 1 aromatic rings. The lowest BCUT2D eigenvalue weighted by molar-refractivity contribution is 0.627. The van der Waals surface area contributed by atoms with E-state index in [1.54, 1.807) is 14.0 Å². The highest BCUT2D eigenvalue weighted by Gasteiger charge is 2.01. The maximum atomic E-state index is 12.7. The zero-order valence-corrected chi connectivity index (χ0v) is 7.98. The summed E-state index contributed by atoms with van der Waals surface area (Å²) < 4.78 is 12.7. The molecule has 1 rings (SSSR count). The van der Waals surface area contributed by atoms with Gasteiger partial charge in [-0.2, -0.15) is 0 Å². The van der Waals surface area contributed by atoms with Crippen molar-refractivity contribution in [1.29, 1.82) is 0 Å². The summed E-state index contributed by atoms with van der Waals surface area (Å²) in [5.74, 6) is -0.255. The fraction of sp³-hybridized carbons (Fsp3) is 0.444. The van der Waals surface area contributed by atoms with E-state index in [0.29, 0.717) is 11.4 Å². The number of halogens is 1. The number of hydrogen-bond acceptors (Lipinski definition) is 2. The Morgan fingerprint density at radius 1 is 1.42 bits per heavy atom. The zero-order chi connectivity index (χ0) is 9.56. The molecule has 0 aliphatic heterocycles. The molecule has 1 N–H and O–H groups in total. The van der Waals surface area contributed by atoms with Crippen molar-refractivity contribution in [2.45, 2.75) is 20.8 Å². The summed E-state index contributed by atoms with van der Waals surface area (Å²) in [6.45, 7) is 5.76. The van der Waals surface area contributed by atoms with Crippen molar-refractivity contribution in [3.05, 3.63) is 23.8 Å². The number of nitrogens with zero attached hydrogens (tertiary/aromatic N) is 1. The van der Waals surface area contributed by atoms with Crippen LogP contribution >= 0.6 is 0 Å². The van der Waals surface area contributed by atoms with Crippen LogP contribution in [-0.2, 0) is 0 Å². The summed E-state index contributed by atoms with van der Waals surface area (Å²) in [7, 11) is 1.67. The summed E-state index contributed by atoms with van der Waals surface area (Å²) in [5, 5.41) is 2.73. The summed E-state index contributed by atoms with van der Waals surface area (Å²) >= 11 is 0. The number of aryl methyl sites for hydroxylation is 1. The number of rotatable bonds is 1. The summed E-state index contributed by atoms with van der Waals surface area (Å²) in [6, 6.07) is 1.33. The van der Waals surface area contributed by atoms with Gasteiger partial charge in [-0.1, -0.05) is 13.8 Å². The smallest absolute Gasteiger partial charge is 0.149 e. The SMILES string of the molecule is CC.CNc1c(F)ccnc1C. The van der Waals surface area contributed by atoms with E-state index in [2.05, 4.69) is 10.3 Å². The first-order chi connectivity index (χ1) is 5.75. The van der Waals surface area contributed by atoms with Crippen LogP contribution in [0.25, 0.3) is 0 Å². The lowest BCUT2D eigenvalue weighted by Gasteiger charge is -2.03. The van der Waals surface area contributed by atoms with Crippen LogP contribution in [0.1, 0.15) is 19.5 Å². The Hall–Kier alpha value is -1.12. The van der Waals surface area contributed by atoms with E-state index < -0.39 is 0 Å². The second-order valence-corrected chi connectivity index (χ2v) is 2.00. The van der Waals surface area contributed by atoms with E-state index in [0.717, 1.165) is 0 Å². The van der Waals surface area contributed by atoms with Crippen LogP contribution < -0.4 is 5.32 Å². The van der Waals surface area contributed by atoms with Crippen LogP contribution in [0, 0.1) is 12.7 Å². The molecule has 0 fully saturated rings. The summed E-state index contributed by atoms with van der Waals surface area (Å²) in [5.41, 5.74) is 1.16. The van der Waals surface area contributed by atoms with Gasteiger partial charge in [-0.05, 0) is 13.0 Å². The number of hydrogen-bond donors (Lipinski definition) is 1. The Balaban J connectivity index is 0.000000561. The molecule has 0 saturated heterocycles. The molecule has 0 bridgehead atoms. The molecule has 0 radical (unpaired) electrons. The molecule has 68 valence electrons. The normalized spacial score (nSPS) is 8.42. The molecular weight excluding hydrogens is 155 g/mol. The van der Waals surface area contributed by atoms with Crippen LogP contribution in [-0.4, -0.2) is 12.0 Å². The van der Waals surface area contributed by atoms with Gasteiger partial charge in [0.05, 0.1) is 11.4 Å². The highest BCUT2D eigenvalue weighted by atomic mass is 19.1. The number of aromatic nitrogens is 1. The standard InChI is InChI=1S/C7H9FN2.C2H6/c1-5-7(9-2)6(8)3-4-10-5;1-2/h3-4,9H,1-2H3;1-2H3. The maximum Gasteiger partial charge on any atom is 0.149 e. The minimum absolute atomic E-state index is 0.255. The quantitative estimate of drug-likeness (QED) is 0.700. The number of pyridine rings is 1. The van der Waals surface area contributed by atoms with Crippen LogP contribution in [0.4, 0.5) is 10.1 Å². The van der Waals surface area contributed by atoms with E-state index in [-0.39, 0.29) is 5.82 Å². The monoisotopic (exact) mass is 170 g/mol. The van der Waals surface area contributed by atoms with Gasteiger partial charge in [-0.3, -0.25) is 4.98 Å². The second kappa shape index (κ2) is 5.52. The fourth-order valence-electron chi connectivity index (χ4n) is 0.836. The van der Waals surface area contributed by atoms with Gasteiger partial charge < -0.3 is 5.32 Å². The highest BCUT2D eigenvalue weighted by Crippen LogP contribution is 2.14. The number of anilines is 1. The van der Waals surface area contributed by atoms with Gasteiger partial charge in [0.1, 0.15) is 5.82 Å². The van der Waals surface area contributed by atoms with Gasteiger partial charge in [0.15, 0.2) is 0 Å². The van der Waals surface area contributed by atoms with Crippen molar-refractivity contribution in [3.8, 4) is 0 Å². The topological polar surface area (TPSA) is 24.9 Å². The minimum atomic E-state index is -0.255. The van der Waals surface area contributed by atoms with E-state index in [1.807, 2.05) is 13.8 Å². The third kappa shape index (κ3) is 2.49. The molecule has 12 heavy (non-hydrogen) atoms. The van der Waals surface area contributed by atoms with Crippen LogP contribution in [0.15, 0.2) is 12.3 Å².